The first-order chi connectivity index (χ1) is 10.4. The molecule has 122 valence electrons. The van der Waals surface area contributed by atoms with E-state index >= 15 is 0 Å². The fourth-order valence-electron chi connectivity index (χ4n) is 2.45. The van der Waals surface area contributed by atoms with Gasteiger partial charge in [-0.05, 0) is 36.2 Å². The highest BCUT2D eigenvalue weighted by atomic mass is 35.5. The van der Waals surface area contributed by atoms with Crippen molar-refractivity contribution in [2.75, 3.05) is 13.2 Å². The molecule has 0 spiro atoms. The quantitative estimate of drug-likeness (QED) is 0.607. The molecule has 0 fully saturated rings. The maximum absolute atomic E-state index is 12.8. The van der Waals surface area contributed by atoms with Crippen molar-refractivity contribution in [3.05, 3.63) is 45.5 Å². The van der Waals surface area contributed by atoms with Gasteiger partial charge in [-0.15, -0.1) is 0 Å². The molecule has 0 aliphatic heterocycles. The molecule has 4 N–H and O–H groups in total. The largest absolute Gasteiger partial charge is 0.388 e. The van der Waals surface area contributed by atoms with Gasteiger partial charge in [0.05, 0.1) is 6.04 Å². The molecule has 4 atom stereocenters. The Kier molecular flexibility index (Phi) is 6.20. The molecule has 1 aliphatic carbocycles. The van der Waals surface area contributed by atoms with Crippen molar-refractivity contribution in [2.24, 2.45) is 0 Å². The van der Waals surface area contributed by atoms with Crippen molar-refractivity contribution < 1.29 is 19.7 Å². The zero-order chi connectivity index (χ0) is 16.3. The Bertz CT molecular complexity index is 556. The van der Waals surface area contributed by atoms with Crippen LogP contribution in [0.2, 0.25) is 10.0 Å². The van der Waals surface area contributed by atoms with Crippen LogP contribution in [0.15, 0.2) is 29.8 Å². The second kappa shape index (κ2) is 7.73. The summed E-state index contributed by atoms with van der Waals surface area (Å²) in [5.74, 6) is 0. The summed E-state index contributed by atoms with van der Waals surface area (Å²) >= 11 is 11.9. The highest BCUT2D eigenvalue weighted by Gasteiger charge is 2.36. The number of hydrogen-bond acceptors (Lipinski definition) is 4. The fraction of sp³-hybridized carbons (Fsp3) is 0.467. The second-order valence-corrected chi connectivity index (χ2v) is 6.11. The van der Waals surface area contributed by atoms with Crippen LogP contribution in [0.25, 0.3) is 0 Å². The van der Waals surface area contributed by atoms with Gasteiger partial charge >= 0.3 is 0 Å². The molecular formula is C15H18Cl2FNO3. The minimum Gasteiger partial charge on any atom is -0.388 e. The topological polar surface area (TPSA) is 72.7 Å². The van der Waals surface area contributed by atoms with E-state index in [0.29, 0.717) is 23.0 Å². The van der Waals surface area contributed by atoms with Gasteiger partial charge in [0.15, 0.2) is 0 Å². The summed E-state index contributed by atoms with van der Waals surface area (Å²) < 4.78 is 12.8. The first-order valence-corrected chi connectivity index (χ1v) is 7.67. The number of halogens is 3. The number of aliphatic hydroxyl groups excluding tert-OH is 3. The third-order valence-corrected chi connectivity index (χ3v) is 4.35. The predicted octanol–water partition coefficient (Wildman–Crippen LogP) is 1.49. The van der Waals surface area contributed by atoms with Crippen LogP contribution in [-0.2, 0) is 6.42 Å². The molecule has 0 saturated carbocycles. The van der Waals surface area contributed by atoms with E-state index in [4.69, 9.17) is 23.2 Å². The van der Waals surface area contributed by atoms with E-state index < -0.39 is 31.0 Å². The molecule has 0 heterocycles. The van der Waals surface area contributed by atoms with E-state index in [1.54, 1.807) is 12.1 Å². The van der Waals surface area contributed by atoms with Crippen LogP contribution in [0.1, 0.15) is 5.56 Å². The van der Waals surface area contributed by atoms with Gasteiger partial charge in [-0.3, -0.25) is 0 Å². The molecule has 0 bridgehead atoms. The van der Waals surface area contributed by atoms with E-state index in [9.17, 15) is 19.7 Å². The molecule has 22 heavy (non-hydrogen) atoms. The summed E-state index contributed by atoms with van der Waals surface area (Å²) in [5.41, 5.74) is 0.957. The zero-order valence-electron chi connectivity index (χ0n) is 11.7. The summed E-state index contributed by atoms with van der Waals surface area (Å²) in [6.45, 7) is -0.409. The van der Waals surface area contributed by atoms with Gasteiger partial charge in [0.2, 0.25) is 0 Å². The number of benzene rings is 1. The Morgan fingerprint density at radius 2 is 1.86 bits per heavy atom. The average Bonchev–Trinajstić information content (AvgIpc) is 2.49. The van der Waals surface area contributed by atoms with Crippen LogP contribution >= 0.6 is 23.2 Å². The monoisotopic (exact) mass is 349 g/mol. The molecule has 0 amide bonds. The third kappa shape index (κ3) is 3.98. The number of hydrogen-bond donors (Lipinski definition) is 4. The van der Waals surface area contributed by atoms with Crippen molar-refractivity contribution in [1.82, 2.24) is 5.32 Å². The first kappa shape index (κ1) is 17.7. The van der Waals surface area contributed by atoms with Crippen LogP contribution in [0.4, 0.5) is 4.39 Å². The van der Waals surface area contributed by atoms with E-state index in [1.807, 2.05) is 6.07 Å². The molecule has 7 heteroatoms. The van der Waals surface area contributed by atoms with E-state index in [1.165, 1.54) is 6.08 Å². The van der Waals surface area contributed by atoms with Crippen molar-refractivity contribution in [2.45, 2.75) is 30.8 Å². The Morgan fingerprint density at radius 3 is 2.50 bits per heavy atom. The van der Waals surface area contributed by atoms with Crippen molar-refractivity contribution in [3.8, 4) is 0 Å². The normalized spacial score (nSPS) is 28.5. The van der Waals surface area contributed by atoms with Crippen molar-refractivity contribution >= 4 is 23.2 Å². The number of alkyl halides is 1. The van der Waals surface area contributed by atoms with Crippen LogP contribution in [0, 0.1) is 0 Å². The molecule has 4 nitrogen and oxygen atoms in total. The summed E-state index contributed by atoms with van der Waals surface area (Å²) in [4.78, 5) is 0. The highest BCUT2D eigenvalue weighted by molar-refractivity contribution is 6.35. The predicted molar refractivity (Wildman–Crippen MR) is 84.0 cm³/mol. The SMILES string of the molecule is O[C@@H]1[C@@H](O)[C@@H](O)C(CF)=C[C@H]1NCCc1ccc(Cl)cc1Cl. The zero-order valence-corrected chi connectivity index (χ0v) is 13.2. The second-order valence-electron chi connectivity index (χ2n) is 5.27. The molecular weight excluding hydrogens is 332 g/mol. The standard InChI is InChI=1S/C15H18Cl2FNO3/c16-10-2-1-8(11(17)6-10)3-4-19-12-5-9(7-18)13(20)15(22)14(12)21/h1-2,5-6,12-15,19-22H,3-4,7H2/t12-,13+,14+,15+/m1/s1. The van der Waals surface area contributed by atoms with Gasteiger partial charge in [-0.1, -0.05) is 35.3 Å². The van der Waals surface area contributed by atoms with E-state index in [-0.39, 0.29) is 5.57 Å². The molecule has 1 aromatic rings. The van der Waals surface area contributed by atoms with Crippen molar-refractivity contribution in [1.29, 1.82) is 0 Å². The molecule has 0 saturated heterocycles. The van der Waals surface area contributed by atoms with Crippen LogP contribution in [-0.4, -0.2) is 52.9 Å². The van der Waals surface area contributed by atoms with E-state index in [0.717, 1.165) is 5.56 Å². The molecule has 1 aliphatic rings. The van der Waals surface area contributed by atoms with Gasteiger partial charge in [0.1, 0.15) is 25.0 Å². The van der Waals surface area contributed by atoms with Gasteiger partial charge in [-0.2, -0.15) is 0 Å². The Morgan fingerprint density at radius 1 is 1.14 bits per heavy atom. The summed E-state index contributed by atoms with van der Waals surface area (Å²) in [7, 11) is 0. The lowest BCUT2D eigenvalue weighted by molar-refractivity contribution is -0.0628. The Hall–Kier alpha value is -0.690. The minimum atomic E-state index is -1.41. The Labute approximate surface area is 138 Å². The molecule has 0 unspecified atom stereocenters. The maximum Gasteiger partial charge on any atom is 0.113 e. The lowest BCUT2D eigenvalue weighted by atomic mass is 9.88. The molecule has 0 radical (unpaired) electrons. The summed E-state index contributed by atoms with van der Waals surface area (Å²) in [5, 5.41) is 33.4. The smallest absolute Gasteiger partial charge is 0.113 e. The molecule has 0 aromatic heterocycles. The molecule has 2 rings (SSSR count). The number of aliphatic hydroxyl groups is 3. The average molecular weight is 350 g/mol. The summed E-state index contributed by atoms with van der Waals surface area (Å²) in [6, 6.07) is 4.56. The maximum atomic E-state index is 12.8. The third-order valence-electron chi connectivity index (χ3n) is 3.76. The lowest BCUT2D eigenvalue weighted by Gasteiger charge is -2.34. The van der Waals surface area contributed by atoms with Gasteiger partial charge in [-0.25, -0.2) is 4.39 Å². The molecule has 1 aromatic carbocycles. The minimum absolute atomic E-state index is 0.0693. The van der Waals surface area contributed by atoms with E-state index in [2.05, 4.69) is 5.32 Å². The van der Waals surface area contributed by atoms with Crippen LogP contribution < -0.4 is 5.32 Å². The van der Waals surface area contributed by atoms with Crippen LogP contribution in [0.5, 0.6) is 0 Å². The number of rotatable bonds is 5. The van der Waals surface area contributed by atoms with Gasteiger partial charge in [0, 0.05) is 10.0 Å². The Balaban J connectivity index is 1.97. The summed E-state index contributed by atoms with van der Waals surface area (Å²) in [6.07, 6.45) is -1.98. The van der Waals surface area contributed by atoms with Gasteiger partial charge in [0.25, 0.3) is 0 Å². The van der Waals surface area contributed by atoms with Crippen LogP contribution in [0.3, 0.4) is 0 Å². The first-order valence-electron chi connectivity index (χ1n) is 6.92. The fourth-order valence-corrected chi connectivity index (χ4v) is 2.95. The lowest BCUT2D eigenvalue weighted by Crippen LogP contribution is -2.54. The van der Waals surface area contributed by atoms with Gasteiger partial charge < -0.3 is 20.6 Å². The van der Waals surface area contributed by atoms with Crippen molar-refractivity contribution in [3.63, 3.8) is 0 Å². The highest BCUT2D eigenvalue weighted by Crippen LogP contribution is 2.22. The number of nitrogens with one attached hydrogen (secondary N) is 1.